The summed E-state index contributed by atoms with van der Waals surface area (Å²) in [4.78, 5) is 31.2. The van der Waals surface area contributed by atoms with Gasteiger partial charge in [0.1, 0.15) is 6.61 Å². The molecule has 1 aliphatic rings. The molecule has 0 radical (unpaired) electrons. The number of likely N-dealkylation sites (N-methyl/N-ethyl adjacent to an activating group) is 2. The summed E-state index contributed by atoms with van der Waals surface area (Å²) in [5.41, 5.74) is 1.43. The van der Waals surface area contributed by atoms with Gasteiger partial charge in [-0.2, -0.15) is 0 Å². The van der Waals surface area contributed by atoms with Gasteiger partial charge in [0.05, 0.1) is 16.1 Å². The van der Waals surface area contributed by atoms with Crippen LogP contribution in [-0.4, -0.2) is 73.0 Å². The predicted molar refractivity (Wildman–Crippen MR) is 123 cm³/mol. The molecule has 166 valence electrons. The fourth-order valence-corrected chi connectivity index (χ4v) is 4.14. The van der Waals surface area contributed by atoms with Crippen molar-refractivity contribution in [3.63, 3.8) is 0 Å². The maximum Gasteiger partial charge on any atom is 0.410 e. The lowest BCUT2D eigenvalue weighted by Gasteiger charge is -2.44. The largest absolute Gasteiger partial charge is 0.445 e. The molecule has 0 N–H and O–H groups in total. The highest BCUT2D eigenvalue weighted by atomic mass is 35.5. The lowest BCUT2D eigenvalue weighted by Crippen LogP contribution is -2.60. The number of ether oxygens (including phenoxy) is 1. The van der Waals surface area contributed by atoms with Gasteiger partial charge >= 0.3 is 6.09 Å². The summed E-state index contributed by atoms with van der Waals surface area (Å²) in [6.45, 7) is 1.23. The van der Waals surface area contributed by atoms with E-state index in [2.05, 4.69) is 0 Å². The molecule has 2 atom stereocenters. The second kappa shape index (κ2) is 10.4. The summed E-state index contributed by atoms with van der Waals surface area (Å²) >= 11 is 12.1. The van der Waals surface area contributed by atoms with E-state index in [4.69, 9.17) is 27.9 Å². The highest BCUT2D eigenvalue weighted by Gasteiger charge is 2.37. The van der Waals surface area contributed by atoms with Gasteiger partial charge in [-0.15, -0.1) is 0 Å². The Morgan fingerprint density at radius 3 is 2.39 bits per heavy atom. The first kappa shape index (κ1) is 23.4. The van der Waals surface area contributed by atoms with Crippen LogP contribution in [0.5, 0.6) is 0 Å². The highest BCUT2D eigenvalue weighted by molar-refractivity contribution is 6.42. The Morgan fingerprint density at radius 2 is 1.74 bits per heavy atom. The van der Waals surface area contributed by atoms with E-state index in [-0.39, 0.29) is 30.7 Å². The zero-order valence-electron chi connectivity index (χ0n) is 17.9. The van der Waals surface area contributed by atoms with Crippen molar-refractivity contribution >= 4 is 35.2 Å². The molecule has 6 nitrogen and oxygen atoms in total. The second-order valence-electron chi connectivity index (χ2n) is 7.92. The Kier molecular flexibility index (Phi) is 7.81. The molecule has 2 unspecified atom stereocenters. The number of hydrogen-bond acceptors (Lipinski definition) is 4. The maximum absolute atomic E-state index is 13.1. The third kappa shape index (κ3) is 5.70. The molecule has 1 aliphatic heterocycles. The van der Waals surface area contributed by atoms with Gasteiger partial charge in [-0.05, 0) is 44.3 Å². The van der Waals surface area contributed by atoms with Crippen molar-refractivity contribution in [3.8, 4) is 0 Å². The number of carbonyl (C=O) groups is 2. The van der Waals surface area contributed by atoms with Crippen LogP contribution in [-0.2, 0) is 11.3 Å². The fourth-order valence-electron chi connectivity index (χ4n) is 3.84. The van der Waals surface area contributed by atoms with E-state index in [9.17, 15) is 9.59 Å². The number of hydrogen-bond donors (Lipinski definition) is 0. The van der Waals surface area contributed by atoms with Crippen LogP contribution in [0.3, 0.4) is 0 Å². The SMILES string of the molecule is CN(C)C1CN(C(=O)OCc2ccccc2)CCC1N(C)C(=O)c1ccc(Cl)c(Cl)c1. The quantitative estimate of drug-likeness (QED) is 0.658. The minimum atomic E-state index is -0.340. The summed E-state index contributed by atoms with van der Waals surface area (Å²) in [5.74, 6) is -0.129. The highest BCUT2D eigenvalue weighted by Crippen LogP contribution is 2.26. The van der Waals surface area contributed by atoms with E-state index in [1.807, 2.05) is 49.3 Å². The Morgan fingerprint density at radius 1 is 1.03 bits per heavy atom. The van der Waals surface area contributed by atoms with Crippen molar-refractivity contribution in [1.82, 2.24) is 14.7 Å². The average molecular weight is 464 g/mol. The van der Waals surface area contributed by atoms with E-state index in [0.29, 0.717) is 35.1 Å². The number of nitrogens with zero attached hydrogens (tertiary/aromatic N) is 3. The van der Waals surface area contributed by atoms with E-state index in [1.54, 1.807) is 35.0 Å². The first-order chi connectivity index (χ1) is 14.8. The molecule has 2 aromatic rings. The van der Waals surface area contributed by atoms with Gasteiger partial charge in [0.15, 0.2) is 0 Å². The van der Waals surface area contributed by atoms with Crippen molar-refractivity contribution in [2.24, 2.45) is 0 Å². The van der Waals surface area contributed by atoms with Gasteiger partial charge in [0, 0.05) is 31.7 Å². The number of piperidine rings is 1. The van der Waals surface area contributed by atoms with Crippen LogP contribution in [0.25, 0.3) is 0 Å². The Labute approximate surface area is 193 Å². The molecule has 0 aromatic heterocycles. The van der Waals surface area contributed by atoms with Gasteiger partial charge in [0.25, 0.3) is 5.91 Å². The Hall–Kier alpha value is -2.28. The zero-order chi connectivity index (χ0) is 22.5. The molecule has 3 rings (SSSR count). The molecule has 0 bridgehead atoms. The monoisotopic (exact) mass is 463 g/mol. The number of halogens is 2. The smallest absolute Gasteiger partial charge is 0.410 e. The van der Waals surface area contributed by atoms with Crippen LogP contribution in [0.1, 0.15) is 22.3 Å². The van der Waals surface area contributed by atoms with Gasteiger partial charge in [0.2, 0.25) is 0 Å². The summed E-state index contributed by atoms with van der Waals surface area (Å²) in [5, 5.41) is 0.760. The lowest BCUT2D eigenvalue weighted by molar-refractivity contribution is 0.0289. The number of likely N-dealkylation sites (tertiary alicyclic amines) is 1. The Balaban J connectivity index is 1.65. The van der Waals surface area contributed by atoms with Gasteiger partial charge in [-0.3, -0.25) is 4.79 Å². The van der Waals surface area contributed by atoms with Crippen molar-refractivity contribution in [2.75, 3.05) is 34.2 Å². The first-order valence-corrected chi connectivity index (χ1v) is 10.9. The number of amides is 2. The van der Waals surface area contributed by atoms with Crippen LogP contribution in [0.2, 0.25) is 10.0 Å². The minimum absolute atomic E-state index is 0.0326. The standard InChI is InChI=1S/C23H27Cl2N3O3/c1-26(2)21-14-28(23(30)31-15-16-7-5-4-6-8-16)12-11-20(21)27(3)22(29)17-9-10-18(24)19(25)13-17/h4-10,13,20-21H,11-12,14-15H2,1-3H3. The average Bonchev–Trinajstić information content (AvgIpc) is 2.78. The van der Waals surface area contributed by atoms with E-state index in [0.717, 1.165) is 5.56 Å². The van der Waals surface area contributed by atoms with Crippen molar-refractivity contribution in [3.05, 3.63) is 69.7 Å². The predicted octanol–water partition coefficient (Wildman–Crippen LogP) is 4.41. The summed E-state index contributed by atoms with van der Waals surface area (Å²) < 4.78 is 5.49. The van der Waals surface area contributed by atoms with Gasteiger partial charge < -0.3 is 19.4 Å². The fraction of sp³-hybridized carbons (Fsp3) is 0.391. The third-order valence-electron chi connectivity index (χ3n) is 5.66. The van der Waals surface area contributed by atoms with E-state index >= 15 is 0 Å². The van der Waals surface area contributed by atoms with Crippen LogP contribution >= 0.6 is 23.2 Å². The minimum Gasteiger partial charge on any atom is -0.445 e. The molecule has 1 fully saturated rings. The normalized spacial score (nSPS) is 18.7. The maximum atomic E-state index is 13.1. The molecule has 2 aromatic carbocycles. The molecule has 0 saturated carbocycles. The number of carbonyl (C=O) groups excluding carboxylic acids is 2. The van der Waals surface area contributed by atoms with Gasteiger partial charge in [-0.1, -0.05) is 53.5 Å². The Bertz CT molecular complexity index is 924. The molecule has 1 saturated heterocycles. The first-order valence-electron chi connectivity index (χ1n) is 10.1. The van der Waals surface area contributed by atoms with E-state index < -0.39 is 0 Å². The molecule has 0 aliphatic carbocycles. The molecule has 0 spiro atoms. The summed E-state index contributed by atoms with van der Waals surface area (Å²) in [7, 11) is 5.69. The topological polar surface area (TPSA) is 53.1 Å². The second-order valence-corrected chi connectivity index (χ2v) is 8.73. The zero-order valence-corrected chi connectivity index (χ0v) is 19.4. The van der Waals surface area contributed by atoms with Crippen molar-refractivity contribution in [2.45, 2.75) is 25.1 Å². The van der Waals surface area contributed by atoms with Crippen LogP contribution in [0, 0.1) is 0 Å². The molecular formula is C23H27Cl2N3O3. The number of rotatable bonds is 5. The summed E-state index contributed by atoms with van der Waals surface area (Å²) in [6.07, 6.45) is 0.306. The molecule has 8 heteroatoms. The van der Waals surface area contributed by atoms with Crippen LogP contribution < -0.4 is 0 Å². The van der Waals surface area contributed by atoms with Crippen LogP contribution in [0.15, 0.2) is 48.5 Å². The van der Waals surface area contributed by atoms with Crippen molar-refractivity contribution < 1.29 is 14.3 Å². The third-order valence-corrected chi connectivity index (χ3v) is 6.40. The van der Waals surface area contributed by atoms with Crippen LogP contribution in [0.4, 0.5) is 4.79 Å². The van der Waals surface area contributed by atoms with Gasteiger partial charge in [-0.25, -0.2) is 4.79 Å². The summed E-state index contributed by atoms with van der Waals surface area (Å²) in [6, 6.07) is 14.4. The van der Waals surface area contributed by atoms with E-state index in [1.165, 1.54) is 0 Å². The molecule has 2 amide bonds. The molecule has 1 heterocycles. The lowest BCUT2D eigenvalue weighted by atomic mass is 9.96. The number of benzene rings is 2. The molecular weight excluding hydrogens is 437 g/mol. The molecule has 31 heavy (non-hydrogen) atoms. The van der Waals surface area contributed by atoms with Crippen molar-refractivity contribution in [1.29, 1.82) is 0 Å².